The lowest BCUT2D eigenvalue weighted by Crippen LogP contribution is -2.21. The van der Waals surface area contributed by atoms with Crippen LogP contribution in [0.1, 0.15) is 44.9 Å². The second-order valence-corrected chi connectivity index (χ2v) is 5.69. The zero-order valence-electron chi connectivity index (χ0n) is 10.5. The molecular formula is C12H16N4O2. The number of hydrogen-bond donors (Lipinski definition) is 3. The van der Waals surface area contributed by atoms with Crippen LogP contribution in [-0.2, 0) is 0 Å². The summed E-state index contributed by atoms with van der Waals surface area (Å²) in [5, 5.41) is 0. The number of H-pyrrole nitrogens is 3. The van der Waals surface area contributed by atoms with Gasteiger partial charge in [0.25, 0.3) is 5.56 Å². The third-order valence-electron chi connectivity index (χ3n) is 4.00. The molecule has 6 nitrogen and oxygen atoms in total. The van der Waals surface area contributed by atoms with Gasteiger partial charge >= 0.3 is 5.69 Å². The van der Waals surface area contributed by atoms with Crippen molar-refractivity contribution < 1.29 is 0 Å². The fraction of sp³-hybridized carbons (Fsp3) is 0.583. The Morgan fingerprint density at radius 3 is 2.67 bits per heavy atom. The molecule has 0 amide bonds. The van der Waals surface area contributed by atoms with Crippen LogP contribution >= 0.6 is 0 Å². The zero-order chi connectivity index (χ0) is 12.9. The molecule has 2 aromatic heterocycles. The number of aromatic nitrogens is 4. The molecule has 3 N–H and O–H groups in total. The molecule has 1 fully saturated rings. The molecular weight excluding hydrogens is 232 g/mol. The lowest BCUT2D eigenvalue weighted by atomic mass is 9.81. The summed E-state index contributed by atoms with van der Waals surface area (Å²) in [4.78, 5) is 35.0. The van der Waals surface area contributed by atoms with Crippen LogP contribution in [0.3, 0.4) is 0 Å². The van der Waals surface area contributed by atoms with Crippen molar-refractivity contribution in [1.29, 1.82) is 0 Å². The van der Waals surface area contributed by atoms with E-state index in [9.17, 15) is 9.59 Å². The van der Waals surface area contributed by atoms with Crippen molar-refractivity contribution in [3.05, 3.63) is 26.7 Å². The van der Waals surface area contributed by atoms with Crippen molar-refractivity contribution in [2.45, 2.75) is 39.0 Å². The molecule has 1 saturated carbocycles. The third kappa shape index (κ3) is 1.60. The van der Waals surface area contributed by atoms with Crippen LogP contribution < -0.4 is 11.2 Å². The van der Waals surface area contributed by atoms with Gasteiger partial charge in [-0.1, -0.05) is 20.3 Å². The number of fused-ring (bicyclic) bond motifs is 1. The van der Waals surface area contributed by atoms with Gasteiger partial charge < -0.3 is 4.98 Å². The summed E-state index contributed by atoms with van der Waals surface area (Å²) in [5.74, 6) is 1.12. The van der Waals surface area contributed by atoms with Gasteiger partial charge in [0, 0.05) is 5.92 Å². The first-order chi connectivity index (χ1) is 8.47. The predicted octanol–water partition coefficient (Wildman–Crippen LogP) is 1.23. The van der Waals surface area contributed by atoms with Crippen LogP contribution in [0.2, 0.25) is 0 Å². The standard InChI is InChI=1S/C12H16N4O2/c1-12(2)5-3-4-6(12)8-13-7-9(14-8)15-11(18)16-10(7)17/h6H,3-5H2,1-2H3,(H3,13,14,15,16,17,18). The molecule has 96 valence electrons. The molecule has 18 heavy (non-hydrogen) atoms. The van der Waals surface area contributed by atoms with Crippen LogP contribution in [0.25, 0.3) is 11.2 Å². The highest BCUT2D eigenvalue weighted by Gasteiger charge is 2.37. The summed E-state index contributed by atoms with van der Waals surface area (Å²) in [6.45, 7) is 4.43. The highest BCUT2D eigenvalue weighted by molar-refractivity contribution is 5.68. The first kappa shape index (κ1) is 11.3. The van der Waals surface area contributed by atoms with Gasteiger partial charge in [-0.2, -0.15) is 0 Å². The van der Waals surface area contributed by atoms with Crippen LogP contribution in [0, 0.1) is 5.41 Å². The van der Waals surface area contributed by atoms with Gasteiger partial charge in [0.05, 0.1) is 0 Å². The van der Waals surface area contributed by atoms with Crippen molar-refractivity contribution in [3.63, 3.8) is 0 Å². The summed E-state index contributed by atoms with van der Waals surface area (Å²) in [5.41, 5.74) is -0.0470. The second kappa shape index (κ2) is 3.57. The van der Waals surface area contributed by atoms with Crippen molar-refractivity contribution in [2.24, 2.45) is 5.41 Å². The molecule has 1 unspecified atom stereocenters. The van der Waals surface area contributed by atoms with E-state index in [0.29, 0.717) is 17.1 Å². The van der Waals surface area contributed by atoms with Crippen molar-refractivity contribution in [3.8, 4) is 0 Å². The number of nitrogens with zero attached hydrogens (tertiary/aromatic N) is 1. The molecule has 2 heterocycles. The Morgan fingerprint density at radius 1 is 1.22 bits per heavy atom. The topological polar surface area (TPSA) is 94.4 Å². The Kier molecular flexibility index (Phi) is 2.23. The fourth-order valence-corrected chi connectivity index (χ4v) is 2.95. The van der Waals surface area contributed by atoms with E-state index in [4.69, 9.17) is 0 Å². The van der Waals surface area contributed by atoms with Gasteiger partial charge in [0.15, 0.2) is 5.65 Å². The molecule has 1 aliphatic carbocycles. The van der Waals surface area contributed by atoms with Crippen molar-refractivity contribution in [2.75, 3.05) is 0 Å². The smallest absolute Gasteiger partial charge is 0.327 e. The Bertz CT molecular complexity index is 707. The summed E-state index contributed by atoms with van der Waals surface area (Å²) < 4.78 is 0. The van der Waals surface area contributed by atoms with E-state index in [0.717, 1.165) is 18.7 Å². The SMILES string of the molecule is CC1(C)CCCC1c1nc2[nH]c(=O)[nH]c(=O)c2[nH]1. The van der Waals surface area contributed by atoms with Crippen LogP contribution in [-0.4, -0.2) is 19.9 Å². The minimum absolute atomic E-state index is 0.181. The Labute approximate surface area is 103 Å². The number of nitrogens with one attached hydrogen (secondary N) is 3. The molecule has 0 aliphatic heterocycles. The van der Waals surface area contributed by atoms with E-state index in [2.05, 4.69) is 33.8 Å². The molecule has 0 aromatic carbocycles. The van der Waals surface area contributed by atoms with E-state index in [-0.39, 0.29) is 5.41 Å². The maximum atomic E-state index is 11.6. The van der Waals surface area contributed by atoms with Crippen molar-refractivity contribution >= 4 is 11.2 Å². The van der Waals surface area contributed by atoms with Crippen molar-refractivity contribution in [1.82, 2.24) is 19.9 Å². The first-order valence-electron chi connectivity index (χ1n) is 6.19. The second-order valence-electron chi connectivity index (χ2n) is 5.69. The molecule has 2 aromatic rings. The van der Waals surface area contributed by atoms with Gasteiger partial charge in [-0.05, 0) is 18.3 Å². The Hall–Kier alpha value is -1.85. The van der Waals surface area contributed by atoms with Gasteiger partial charge in [-0.25, -0.2) is 9.78 Å². The number of imidazole rings is 1. The molecule has 0 bridgehead atoms. The van der Waals surface area contributed by atoms with Gasteiger partial charge in [-0.3, -0.25) is 14.8 Å². The largest absolute Gasteiger partial charge is 0.336 e. The lowest BCUT2D eigenvalue weighted by Gasteiger charge is -2.24. The summed E-state index contributed by atoms with van der Waals surface area (Å²) >= 11 is 0. The maximum Gasteiger partial charge on any atom is 0.327 e. The van der Waals surface area contributed by atoms with Crippen LogP contribution in [0.5, 0.6) is 0 Å². The maximum absolute atomic E-state index is 11.6. The van der Waals surface area contributed by atoms with E-state index in [1.807, 2.05) is 0 Å². The molecule has 0 radical (unpaired) electrons. The number of aromatic amines is 3. The molecule has 6 heteroatoms. The summed E-state index contributed by atoms with van der Waals surface area (Å²) in [7, 11) is 0. The molecule has 0 spiro atoms. The fourth-order valence-electron chi connectivity index (χ4n) is 2.95. The third-order valence-corrected chi connectivity index (χ3v) is 4.00. The Balaban J connectivity index is 2.17. The van der Waals surface area contributed by atoms with Gasteiger partial charge in [-0.15, -0.1) is 0 Å². The minimum Gasteiger partial charge on any atom is -0.336 e. The quantitative estimate of drug-likeness (QED) is 0.708. The molecule has 0 saturated heterocycles. The molecule has 1 aliphatic rings. The summed E-state index contributed by atoms with van der Waals surface area (Å²) in [6.07, 6.45) is 3.39. The normalized spacial score (nSPS) is 22.7. The minimum atomic E-state index is -0.517. The van der Waals surface area contributed by atoms with Crippen LogP contribution in [0.4, 0.5) is 0 Å². The predicted molar refractivity (Wildman–Crippen MR) is 67.7 cm³/mol. The van der Waals surface area contributed by atoms with Gasteiger partial charge in [0.2, 0.25) is 0 Å². The monoisotopic (exact) mass is 248 g/mol. The lowest BCUT2D eigenvalue weighted by molar-refractivity contribution is 0.323. The highest BCUT2D eigenvalue weighted by atomic mass is 16.2. The van der Waals surface area contributed by atoms with E-state index < -0.39 is 11.2 Å². The van der Waals surface area contributed by atoms with E-state index in [1.165, 1.54) is 6.42 Å². The first-order valence-corrected chi connectivity index (χ1v) is 6.19. The number of rotatable bonds is 1. The average molecular weight is 248 g/mol. The molecule has 1 atom stereocenters. The number of hydrogen-bond acceptors (Lipinski definition) is 3. The summed E-state index contributed by atoms with van der Waals surface area (Å²) in [6, 6.07) is 0. The van der Waals surface area contributed by atoms with Crippen LogP contribution in [0.15, 0.2) is 9.59 Å². The van der Waals surface area contributed by atoms with Gasteiger partial charge in [0.1, 0.15) is 11.3 Å². The Morgan fingerprint density at radius 2 is 2.00 bits per heavy atom. The average Bonchev–Trinajstić information content (AvgIpc) is 2.80. The zero-order valence-corrected chi connectivity index (χ0v) is 10.5. The van der Waals surface area contributed by atoms with E-state index in [1.54, 1.807) is 0 Å². The highest BCUT2D eigenvalue weighted by Crippen LogP contribution is 2.47. The molecule has 3 rings (SSSR count). The van der Waals surface area contributed by atoms with E-state index >= 15 is 0 Å².